The van der Waals surface area contributed by atoms with Gasteiger partial charge in [-0.15, -0.1) is 0 Å². The highest BCUT2D eigenvalue weighted by Gasteiger charge is 2.05. The molecule has 1 aromatic rings. The summed E-state index contributed by atoms with van der Waals surface area (Å²) in [6, 6.07) is 5.18. The zero-order valence-corrected chi connectivity index (χ0v) is 10.3. The van der Waals surface area contributed by atoms with Crippen LogP contribution in [0.25, 0.3) is 0 Å². The van der Waals surface area contributed by atoms with Gasteiger partial charge >= 0.3 is 0 Å². The Morgan fingerprint density at radius 1 is 1.59 bits per heavy atom. The molecule has 1 rings (SSSR count). The van der Waals surface area contributed by atoms with Gasteiger partial charge in [-0.25, -0.2) is 4.98 Å². The summed E-state index contributed by atoms with van der Waals surface area (Å²) < 4.78 is 5.55. The van der Waals surface area contributed by atoms with Crippen LogP contribution in [0.1, 0.15) is 32.4 Å². The molecule has 5 nitrogen and oxygen atoms in total. The Balaban J connectivity index is 2.60. The van der Waals surface area contributed by atoms with Gasteiger partial charge < -0.3 is 15.7 Å². The van der Waals surface area contributed by atoms with E-state index in [9.17, 15) is 0 Å². The molecule has 0 radical (unpaired) electrons. The lowest BCUT2D eigenvalue weighted by Gasteiger charge is -2.11. The van der Waals surface area contributed by atoms with Crippen LogP contribution in [0, 0.1) is 5.92 Å². The second-order valence-corrected chi connectivity index (χ2v) is 4.05. The summed E-state index contributed by atoms with van der Waals surface area (Å²) in [6.07, 6.45) is 2.27. The molecule has 0 bridgehead atoms. The zero-order chi connectivity index (χ0) is 12.7. The van der Waals surface area contributed by atoms with Gasteiger partial charge in [0.15, 0.2) is 5.84 Å². The highest BCUT2D eigenvalue weighted by molar-refractivity contribution is 5.95. The van der Waals surface area contributed by atoms with Crippen LogP contribution >= 0.6 is 0 Å². The third-order valence-corrected chi connectivity index (χ3v) is 2.39. The average molecular weight is 237 g/mol. The second kappa shape index (κ2) is 6.73. The number of ether oxygens (including phenoxy) is 1. The zero-order valence-electron chi connectivity index (χ0n) is 10.3. The van der Waals surface area contributed by atoms with E-state index in [0.717, 1.165) is 12.8 Å². The maximum Gasteiger partial charge on any atom is 0.213 e. The van der Waals surface area contributed by atoms with Crippen molar-refractivity contribution in [2.75, 3.05) is 6.61 Å². The lowest BCUT2D eigenvalue weighted by atomic mass is 10.1. The van der Waals surface area contributed by atoms with Crippen LogP contribution in [0.2, 0.25) is 0 Å². The molecule has 0 aliphatic rings. The van der Waals surface area contributed by atoms with Gasteiger partial charge in [0, 0.05) is 6.07 Å². The normalized spacial score (nSPS) is 13.4. The minimum atomic E-state index is -0.0166. The Bertz CT molecular complexity index is 380. The first-order valence-electron chi connectivity index (χ1n) is 5.75. The fraction of sp³-hybridized carbons (Fsp3) is 0.500. The first-order valence-corrected chi connectivity index (χ1v) is 5.75. The highest BCUT2D eigenvalue weighted by Crippen LogP contribution is 2.11. The molecule has 5 heteroatoms. The SMILES string of the molecule is CCCC(C)COc1cccc(/C(N)=N/O)n1. The monoisotopic (exact) mass is 237 g/mol. The Labute approximate surface area is 101 Å². The second-order valence-electron chi connectivity index (χ2n) is 4.05. The van der Waals surface area contributed by atoms with E-state index in [-0.39, 0.29) is 5.84 Å². The van der Waals surface area contributed by atoms with Crippen LogP contribution in [0.5, 0.6) is 5.88 Å². The van der Waals surface area contributed by atoms with Crippen molar-refractivity contribution in [3.8, 4) is 5.88 Å². The lowest BCUT2D eigenvalue weighted by molar-refractivity contribution is 0.243. The van der Waals surface area contributed by atoms with Gasteiger partial charge in [0.05, 0.1) is 6.61 Å². The third-order valence-electron chi connectivity index (χ3n) is 2.39. The minimum Gasteiger partial charge on any atom is -0.477 e. The van der Waals surface area contributed by atoms with Crippen molar-refractivity contribution in [2.45, 2.75) is 26.7 Å². The van der Waals surface area contributed by atoms with Gasteiger partial charge in [-0.2, -0.15) is 0 Å². The summed E-state index contributed by atoms with van der Waals surface area (Å²) in [7, 11) is 0. The molecule has 1 heterocycles. The topological polar surface area (TPSA) is 80.7 Å². The molecule has 1 aromatic heterocycles. The molecule has 0 aliphatic heterocycles. The molecule has 0 saturated heterocycles. The Morgan fingerprint density at radius 2 is 2.35 bits per heavy atom. The minimum absolute atomic E-state index is 0.0166. The number of nitrogens with two attached hydrogens (primary N) is 1. The number of oxime groups is 1. The summed E-state index contributed by atoms with van der Waals surface area (Å²) in [6.45, 7) is 4.91. The van der Waals surface area contributed by atoms with E-state index in [0.29, 0.717) is 24.1 Å². The predicted molar refractivity (Wildman–Crippen MR) is 66.3 cm³/mol. The summed E-state index contributed by atoms with van der Waals surface area (Å²) in [4.78, 5) is 4.14. The fourth-order valence-corrected chi connectivity index (χ4v) is 1.49. The first-order chi connectivity index (χ1) is 8.17. The number of amidine groups is 1. The molecule has 1 unspecified atom stereocenters. The van der Waals surface area contributed by atoms with Crippen molar-refractivity contribution < 1.29 is 9.94 Å². The Hall–Kier alpha value is -1.78. The van der Waals surface area contributed by atoms with Crippen LogP contribution in [-0.4, -0.2) is 22.6 Å². The van der Waals surface area contributed by atoms with Crippen molar-refractivity contribution in [1.29, 1.82) is 0 Å². The number of hydrogen-bond acceptors (Lipinski definition) is 4. The van der Waals surface area contributed by atoms with E-state index in [4.69, 9.17) is 15.7 Å². The molecule has 0 amide bonds. The fourth-order valence-electron chi connectivity index (χ4n) is 1.49. The molecular weight excluding hydrogens is 218 g/mol. The van der Waals surface area contributed by atoms with Gasteiger partial charge in [-0.1, -0.05) is 31.5 Å². The summed E-state index contributed by atoms with van der Waals surface area (Å²) in [5.74, 6) is 0.975. The lowest BCUT2D eigenvalue weighted by Crippen LogP contribution is -2.16. The summed E-state index contributed by atoms with van der Waals surface area (Å²) in [5.41, 5.74) is 5.86. The van der Waals surface area contributed by atoms with E-state index in [2.05, 4.69) is 24.0 Å². The predicted octanol–water partition coefficient (Wildman–Crippen LogP) is 1.99. The van der Waals surface area contributed by atoms with Gasteiger partial charge in [-0.05, 0) is 18.4 Å². The van der Waals surface area contributed by atoms with Crippen molar-refractivity contribution >= 4 is 5.84 Å². The third kappa shape index (κ3) is 4.30. The number of hydrogen-bond donors (Lipinski definition) is 2. The van der Waals surface area contributed by atoms with Crippen LogP contribution in [0.3, 0.4) is 0 Å². The molecular formula is C12H19N3O2. The summed E-state index contributed by atoms with van der Waals surface area (Å²) >= 11 is 0. The van der Waals surface area contributed by atoms with Crippen LogP contribution < -0.4 is 10.5 Å². The van der Waals surface area contributed by atoms with E-state index < -0.39 is 0 Å². The van der Waals surface area contributed by atoms with Crippen LogP contribution in [0.15, 0.2) is 23.4 Å². The number of pyridine rings is 1. The molecule has 3 N–H and O–H groups in total. The van der Waals surface area contributed by atoms with Gasteiger partial charge in [-0.3, -0.25) is 0 Å². The van der Waals surface area contributed by atoms with Gasteiger partial charge in [0.25, 0.3) is 0 Å². The summed E-state index contributed by atoms with van der Waals surface area (Å²) in [5, 5.41) is 11.5. The smallest absolute Gasteiger partial charge is 0.213 e. The van der Waals surface area contributed by atoms with E-state index in [1.165, 1.54) is 0 Å². The van der Waals surface area contributed by atoms with Crippen molar-refractivity contribution in [3.63, 3.8) is 0 Å². The molecule has 0 fully saturated rings. The van der Waals surface area contributed by atoms with E-state index >= 15 is 0 Å². The molecule has 0 saturated carbocycles. The van der Waals surface area contributed by atoms with Gasteiger partial charge in [0.1, 0.15) is 5.69 Å². The standard InChI is InChI=1S/C12H19N3O2/c1-3-5-9(2)8-17-11-7-4-6-10(14-11)12(13)15-16/h4,6-7,9,16H,3,5,8H2,1-2H3,(H2,13,15). The van der Waals surface area contributed by atoms with Gasteiger partial charge in [0.2, 0.25) is 5.88 Å². The Kier molecular flexibility index (Phi) is 5.26. The maximum atomic E-state index is 8.55. The molecule has 0 aliphatic carbocycles. The molecule has 0 spiro atoms. The molecule has 0 aromatic carbocycles. The number of rotatable bonds is 6. The Morgan fingerprint density at radius 3 is 3.00 bits per heavy atom. The molecule has 94 valence electrons. The molecule has 1 atom stereocenters. The number of nitrogens with zero attached hydrogens (tertiary/aromatic N) is 2. The largest absolute Gasteiger partial charge is 0.477 e. The van der Waals surface area contributed by atoms with Crippen LogP contribution in [-0.2, 0) is 0 Å². The average Bonchev–Trinajstić information content (AvgIpc) is 2.36. The van der Waals surface area contributed by atoms with E-state index in [1.807, 2.05) is 0 Å². The van der Waals surface area contributed by atoms with Crippen molar-refractivity contribution in [3.05, 3.63) is 23.9 Å². The van der Waals surface area contributed by atoms with Crippen molar-refractivity contribution in [1.82, 2.24) is 4.98 Å². The van der Waals surface area contributed by atoms with Crippen LogP contribution in [0.4, 0.5) is 0 Å². The number of aromatic nitrogens is 1. The van der Waals surface area contributed by atoms with E-state index in [1.54, 1.807) is 18.2 Å². The van der Waals surface area contributed by atoms with Crippen molar-refractivity contribution in [2.24, 2.45) is 16.8 Å². The highest BCUT2D eigenvalue weighted by atomic mass is 16.5. The molecule has 17 heavy (non-hydrogen) atoms. The maximum absolute atomic E-state index is 8.55. The quantitative estimate of drug-likeness (QED) is 0.343. The first kappa shape index (κ1) is 13.3.